The Bertz CT molecular complexity index is 961. The monoisotopic (exact) mass is 449 g/mol. The summed E-state index contributed by atoms with van der Waals surface area (Å²) in [4.78, 5) is 0. The van der Waals surface area contributed by atoms with Crippen LogP contribution in [0.5, 0.6) is 5.75 Å². The molecule has 4 nitrogen and oxygen atoms in total. The van der Waals surface area contributed by atoms with Gasteiger partial charge in [0.05, 0.1) is 5.70 Å². The van der Waals surface area contributed by atoms with Crippen LogP contribution in [0.1, 0.15) is 84.4 Å². The standard InChI is InChI=1S/C29H43N3O/c1-10-12-13-23-14-15-25(27(33)24(23)11-2)20(3)17-26(31-30-9)21(4)16-22-18-28(5,6)32-29(7,8)19-22/h10,12-15,17,22,32-33H,1,11,16,18-19H2,2-9H3/b13-12-,20-17+,26-21-,31-30?. The molecule has 2 N–H and O–H groups in total. The van der Waals surface area contributed by atoms with E-state index < -0.39 is 0 Å². The van der Waals surface area contributed by atoms with Crippen LogP contribution in [0.4, 0.5) is 0 Å². The second kappa shape index (κ2) is 11.1. The number of azo groups is 1. The van der Waals surface area contributed by atoms with Crippen LogP contribution in [0.15, 0.2) is 58.4 Å². The zero-order valence-corrected chi connectivity index (χ0v) is 21.9. The summed E-state index contributed by atoms with van der Waals surface area (Å²) in [5.74, 6) is 0.924. The van der Waals surface area contributed by atoms with Crippen LogP contribution in [0.2, 0.25) is 0 Å². The zero-order valence-electron chi connectivity index (χ0n) is 21.9. The topological polar surface area (TPSA) is 57.0 Å². The fraction of sp³-hybridized carbons (Fsp3) is 0.517. The Labute approximate surface area is 201 Å². The minimum Gasteiger partial charge on any atom is -0.507 e. The molecule has 2 rings (SSSR count). The van der Waals surface area contributed by atoms with Gasteiger partial charge in [-0.05, 0) is 95.9 Å². The predicted octanol–water partition coefficient (Wildman–Crippen LogP) is 7.86. The van der Waals surface area contributed by atoms with E-state index in [1.165, 1.54) is 5.57 Å². The molecule has 0 radical (unpaired) electrons. The highest BCUT2D eigenvalue weighted by atomic mass is 16.3. The first-order valence-electron chi connectivity index (χ1n) is 12.0. The lowest BCUT2D eigenvalue weighted by molar-refractivity contribution is 0.128. The number of rotatable bonds is 8. The van der Waals surface area contributed by atoms with Crippen LogP contribution in [-0.2, 0) is 6.42 Å². The number of hydrogen-bond donors (Lipinski definition) is 2. The molecular formula is C29H43N3O. The maximum absolute atomic E-state index is 11.0. The molecule has 1 aromatic rings. The van der Waals surface area contributed by atoms with Gasteiger partial charge >= 0.3 is 0 Å². The highest BCUT2D eigenvalue weighted by molar-refractivity contribution is 5.75. The van der Waals surface area contributed by atoms with Crippen LogP contribution >= 0.6 is 0 Å². The van der Waals surface area contributed by atoms with Gasteiger partial charge in [0.1, 0.15) is 5.75 Å². The summed E-state index contributed by atoms with van der Waals surface area (Å²) in [6.45, 7) is 19.2. The van der Waals surface area contributed by atoms with Crippen molar-refractivity contribution in [3.63, 3.8) is 0 Å². The molecule has 0 spiro atoms. The number of nitrogens with one attached hydrogen (secondary N) is 1. The minimum atomic E-state index is 0.120. The summed E-state index contributed by atoms with van der Waals surface area (Å²) in [7, 11) is 1.71. The fourth-order valence-electron chi connectivity index (χ4n) is 5.51. The fourth-order valence-corrected chi connectivity index (χ4v) is 5.51. The Balaban J connectivity index is 2.41. The molecule has 1 aromatic carbocycles. The Morgan fingerprint density at radius 1 is 1.18 bits per heavy atom. The highest BCUT2D eigenvalue weighted by Gasteiger charge is 2.37. The average molecular weight is 450 g/mol. The first-order valence-corrected chi connectivity index (χ1v) is 12.0. The molecular weight excluding hydrogens is 406 g/mol. The van der Waals surface area contributed by atoms with Crippen LogP contribution in [-0.4, -0.2) is 23.2 Å². The van der Waals surface area contributed by atoms with Gasteiger partial charge in [-0.2, -0.15) is 10.2 Å². The van der Waals surface area contributed by atoms with E-state index in [0.29, 0.717) is 11.7 Å². The molecule has 1 aliphatic rings. The third kappa shape index (κ3) is 7.26. The lowest BCUT2D eigenvalue weighted by Gasteiger charge is -2.46. The van der Waals surface area contributed by atoms with Crippen molar-refractivity contribution in [1.82, 2.24) is 5.32 Å². The van der Waals surface area contributed by atoms with Crippen molar-refractivity contribution in [2.45, 2.75) is 85.2 Å². The Kier molecular flexibility index (Phi) is 9.02. The molecule has 0 bridgehead atoms. The number of aromatic hydroxyl groups is 1. The molecule has 4 heteroatoms. The van der Waals surface area contributed by atoms with E-state index in [0.717, 1.165) is 53.6 Å². The summed E-state index contributed by atoms with van der Waals surface area (Å²) in [5.41, 5.74) is 6.14. The van der Waals surface area contributed by atoms with Crippen LogP contribution in [0, 0.1) is 5.92 Å². The molecule has 180 valence electrons. The van der Waals surface area contributed by atoms with Gasteiger partial charge in [-0.1, -0.05) is 43.9 Å². The smallest absolute Gasteiger partial charge is 0.126 e. The molecule has 0 aromatic heterocycles. The Morgan fingerprint density at radius 2 is 1.82 bits per heavy atom. The Hall–Kier alpha value is -2.46. The van der Waals surface area contributed by atoms with Crippen LogP contribution < -0.4 is 5.32 Å². The van der Waals surface area contributed by atoms with E-state index in [2.05, 4.69) is 75.8 Å². The average Bonchev–Trinajstić information content (AvgIpc) is 2.69. The van der Waals surface area contributed by atoms with Crippen molar-refractivity contribution in [3.8, 4) is 5.75 Å². The maximum atomic E-state index is 11.0. The van der Waals surface area contributed by atoms with Gasteiger partial charge in [-0.25, -0.2) is 0 Å². The molecule has 1 aliphatic heterocycles. The molecule has 0 unspecified atom stereocenters. The molecule has 1 heterocycles. The van der Waals surface area contributed by atoms with Crippen molar-refractivity contribution < 1.29 is 5.11 Å². The highest BCUT2D eigenvalue weighted by Crippen LogP contribution is 2.38. The minimum absolute atomic E-state index is 0.120. The molecule has 1 fully saturated rings. The van der Waals surface area contributed by atoms with Gasteiger partial charge in [-0.3, -0.25) is 0 Å². The molecule has 0 saturated carbocycles. The van der Waals surface area contributed by atoms with Gasteiger partial charge in [0, 0.05) is 29.3 Å². The number of hydrogen-bond acceptors (Lipinski definition) is 4. The molecule has 0 aliphatic carbocycles. The molecule has 0 amide bonds. The summed E-state index contributed by atoms with van der Waals surface area (Å²) in [6.07, 6.45) is 11.7. The van der Waals surface area contributed by atoms with Crippen LogP contribution in [0.25, 0.3) is 11.6 Å². The summed E-state index contributed by atoms with van der Waals surface area (Å²) >= 11 is 0. The van der Waals surface area contributed by atoms with Gasteiger partial charge in [0.25, 0.3) is 0 Å². The number of phenolic OH excluding ortho intramolecular Hbond substituents is 1. The first-order chi connectivity index (χ1) is 15.4. The molecule has 33 heavy (non-hydrogen) atoms. The number of allylic oxidation sites excluding steroid dienone is 5. The van der Waals surface area contributed by atoms with E-state index in [1.807, 2.05) is 25.1 Å². The number of nitrogens with zero attached hydrogens (tertiary/aromatic N) is 2. The quantitative estimate of drug-likeness (QED) is 0.313. The van der Waals surface area contributed by atoms with Crippen molar-refractivity contribution in [2.24, 2.45) is 16.1 Å². The maximum Gasteiger partial charge on any atom is 0.126 e. The lowest BCUT2D eigenvalue weighted by atomic mass is 9.73. The summed E-state index contributed by atoms with van der Waals surface area (Å²) < 4.78 is 0. The number of benzene rings is 1. The third-order valence-corrected chi connectivity index (χ3v) is 6.38. The second-order valence-electron chi connectivity index (χ2n) is 10.6. The van der Waals surface area contributed by atoms with Gasteiger partial charge < -0.3 is 10.4 Å². The first kappa shape index (κ1) is 26.8. The van der Waals surface area contributed by atoms with E-state index in [4.69, 9.17) is 0 Å². The van der Waals surface area contributed by atoms with E-state index >= 15 is 0 Å². The van der Waals surface area contributed by atoms with Gasteiger partial charge in [0.15, 0.2) is 0 Å². The van der Waals surface area contributed by atoms with Crippen molar-refractivity contribution in [1.29, 1.82) is 0 Å². The van der Waals surface area contributed by atoms with Crippen LogP contribution in [0.3, 0.4) is 0 Å². The SMILES string of the molecule is C=C/C=C\c1ccc(/C(C)=C/C(N=NC)=C(\C)CC2CC(C)(C)NC(C)(C)C2)c(O)c1CC. The van der Waals surface area contributed by atoms with E-state index in [-0.39, 0.29) is 11.1 Å². The predicted molar refractivity (Wildman–Crippen MR) is 142 cm³/mol. The van der Waals surface area contributed by atoms with Gasteiger partial charge in [-0.15, -0.1) is 0 Å². The van der Waals surface area contributed by atoms with E-state index in [1.54, 1.807) is 13.1 Å². The molecule has 1 saturated heterocycles. The molecule has 0 atom stereocenters. The second-order valence-corrected chi connectivity index (χ2v) is 10.6. The number of phenols is 1. The van der Waals surface area contributed by atoms with Crippen molar-refractivity contribution in [3.05, 3.63) is 64.9 Å². The summed E-state index contributed by atoms with van der Waals surface area (Å²) in [5, 5.41) is 23.3. The van der Waals surface area contributed by atoms with E-state index in [9.17, 15) is 5.11 Å². The zero-order chi connectivity index (χ0) is 24.8. The van der Waals surface area contributed by atoms with Gasteiger partial charge in [0.2, 0.25) is 0 Å². The van der Waals surface area contributed by atoms with Crippen molar-refractivity contribution in [2.75, 3.05) is 7.05 Å². The largest absolute Gasteiger partial charge is 0.507 e. The summed E-state index contributed by atoms with van der Waals surface area (Å²) in [6, 6.07) is 4.04. The van der Waals surface area contributed by atoms with Crippen molar-refractivity contribution >= 4 is 11.6 Å². The lowest BCUT2D eigenvalue weighted by Crippen LogP contribution is -2.57. The Morgan fingerprint density at radius 3 is 2.36 bits per heavy atom. The number of piperidine rings is 1. The third-order valence-electron chi connectivity index (χ3n) is 6.38. The normalized spacial score (nSPS) is 19.8.